The molecule has 0 aliphatic rings. The number of halogens is 2. The van der Waals surface area contributed by atoms with Gasteiger partial charge in [-0.1, -0.05) is 15.9 Å². The average Bonchev–Trinajstić information content (AvgIpc) is 2.27. The maximum atomic E-state index is 13.2. The van der Waals surface area contributed by atoms with Gasteiger partial charge in [-0.05, 0) is 18.2 Å². The maximum absolute atomic E-state index is 13.2. The first kappa shape index (κ1) is 12.5. The lowest BCUT2D eigenvalue weighted by atomic mass is 10.2. The van der Waals surface area contributed by atoms with Gasteiger partial charge in [0, 0.05) is 16.7 Å². The first-order chi connectivity index (χ1) is 8.56. The molecule has 0 saturated heterocycles. The monoisotopic (exact) mass is 309 g/mol. The van der Waals surface area contributed by atoms with Crippen molar-refractivity contribution >= 4 is 21.8 Å². The van der Waals surface area contributed by atoms with E-state index in [0.29, 0.717) is 21.5 Å². The smallest absolute Gasteiger partial charge is 0.156 e. The molecule has 2 aromatic rings. The normalized spacial score (nSPS) is 10.1. The summed E-state index contributed by atoms with van der Waals surface area (Å²) in [6.45, 7) is 0. The predicted octanol–water partition coefficient (Wildman–Crippen LogP) is 3.06. The first-order valence-corrected chi connectivity index (χ1v) is 5.78. The molecule has 1 aromatic heterocycles. The van der Waals surface area contributed by atoms with Gasteiger partial charge >= 0.3 is 0 Å². The number of rotatable bonds is 3. The van der Waals surface area contributed by atoms with Crippen molar-refractivity contribution in [2.75, 3.05) is 0 Å². The highest BCUT2D eigenvalue weighted by atomic mass is 79.9. The van der Waals surface area contributed by atoms with Gasteiger partial charge in [-0.25, -0.2) is 4.39 Å². The molecule has 0 fully saturated rings. The molecule has 1 aromatic carbocycles. The van der Waals surface area contributed by atoms with Gasteiger partial charge < -0.3 is 10.5 Å². The maximum Gasteiger partial charge on any atom is 0.156 e. The topological polar surface area (TPSA) is 72.0 Å². The Hall–Kier alpha value is -1.95. The number of pyridine rings is 1. The van der Waals surface area contributed by atoms with Crippen LogP contribution in [-0.2, 0) is 0 Å². The van der Waals surface area contributed by atoms with Crippen LogP contribution in [0.15, 0.2) is 41.1 Å². The standard InChI is InChI=1S/C12H9BrFN3O/c13-7-3-8(14)5-9(4-7)18-11-6-17-2-1-10(11)12(15)16/h1-6H,(H3,15,16). The van der Waals surface area contributed by atoms with E-state index >= 15 is 0 Å². The number of aromatic nitrogens is 1. The zero-order valence-corrected chi connectivity index (χ0v) is 10.7. The van der Waals surface area contributed by atoms with E-state index < -0.39 is 5.82 Å². The second kappa shape index (κ2) is 5.14. The van der Waals surface area contributed by atoms with E-state index in [0.717, 1.165) is 0 Å². The summed E-state index contributed by atoms with van der Waals surface area (Å²) in [5.74, 6) is 0.0513. The number of hydrogen-bond donors (Lipinski definition) is 2. The molecular formula is C12H9BrFN3O. The van der Waals surface area contributed by atoms with Crippen LogP contribution in [0.1, 0.15) is 5.56 Å². The zero-order chi connectivity index (χ0) is 13.1. The fraction of sp³-hybridized carbons (Fsp3) is 0. The van der Waals surface area contributed by atoms with E-state index in [1.165, 1.54) is 24.5 Å². The van der Waals surface area contributed by atoms with E-state index in [1.54, 1.807) is 12.1 Å². The van der Waals surface area contributed by atoms with E-state index in [4.69, 9.17) is 15.9 Å². The largest absolute Gasteiger partial charge is 0.455 e. The van der Waals surface area contributed by atoms with E-state index in [2.05, 4.69) is 20.9 Å². The molecule has 0 bridgehead atoms. The van der Waals surface area contributed by atoms with E-state index in [9.17, 15) is 4.39 Å². The van der Waals surface area contributed by atoms with Gasteiger partial charge in [-0.15, -0.1) is 0 Å². The second-order valence-electron chi connectivity index (χ2n) is 3.49. The number of amidine groups is 1. The van der Waals surface area contributed by atoms with Gasteiger partial charge in [0.1, 0.15) is 17.4 Å². The number of nitrogens with one attached hydrogen (secondary N) is 1. The number of nitrogens with two attached hydrogens (primary N) is 1. The Balaban J connectivity index is 2.37. The molecule has 0 aliphatic heterocycles. The zero-order valence-electron chi connectivity index (χ0n) is 9.15. The summed E-state index contributed by atoms with van der Waals surface area (Å²) in [6.07, 6.45) is 2.93. The van der Waals surface area contributed by atoms with Crippen molar-refractivity contribution in [2.45, 2.75) is 0 Å². The number of ether oxygens (including phenoxy) is 1. The van der Waals surface area contributed by atoms with Gasteiger partial charge in [0.05, 0.1) is 11.8 Å². The van der Waals surface area contributed by atoms with E-state index in [-0.39, 0.29) is 5.84 Å². The highest BCUT2D eigenvalue weighted by Gasteiger charge is 2.08. The molecule has 0 atom stereocenters. The minimum absolute atomic E-state index is 0.136. The Kier molecular flexibility index (Phi) is 3.57. The summed E-state index contributed by atoms with van der Waals surface area (Å²) >= 11 is 3.17. The molecule has 0 saturated carbocycles. The van der Waals surface area contributed by atoms with Gasteiger partial charge in [-0.3, -0.25) is 10.4 Å². The Bertz CT molecular complexity index is 583. The summed E-state index contributed by atoms with van der Waals surface area (Å²) in [4.78, 5) is 3.89. The molecule has 0 spiro atoms. The van der Waals surface area contributed by atoms with Crippen LogP contribution >= 0.6 is 15.9 Å². The molecule has 92 valence electrons. The molecule has 4 nitrogen and oxygen atoms in total. The molecule has 6 heteroatoms. The molecule has 18 heavy (non-hydrogen) atoms. The third-order valence-electron chi connectivity index (χ3n) is 2.14. The Morgan fingerprint density at radius 3 is 2.83 bits per heavy atom. The molecule has 1 heterocycles. The van der Waals surface area contributed by atoms with Crippen LogP contribution in [0.2, 0.25) is 0 Å². The van der Waals surface area contributed by atoms with Gasteiger partial charge in [0.15, 0.2) is 5.75 Å². The average molecular weight is 310 g/mol. The van der Waals surface area contributed by atoms with Gasteiger partial charge in [-0.2, -0.15) is 0 Å². The highest BCUT2D eigenvalue weighted by Crippen LogP contribution is 2.27. The van der Waals surface area contributed by atoms with Crippen molar-refractivity contribution in [3.05, 3.63) is 52.5 Å². The predicted molar refractivity (Wildman–Crippen MR) is 69.4 cm³/mol. The molecule has 2 rings (SSSR count). The fourth-order valence-electron chi connectivity index (χ4n) is 1.40. The summed E-state index contributed by atoms with van der Waals surface area (Å²) in [5, 5.41) is 7.41. The molecule has 3 N–H and O–H groups in total. The lowest BCUT2D eigenvalue weighted by Crippen LogP contribution is -2.12. The molecule has 0 amide bonds. The van der Waals surface area contributed by atoms with Crippen molar-refractivity contribution in [3.8, 4) is 11.5 Å². The summed E-state index contributed by atoms with van der Waals surface area (Å²) < 4.78 is 19.2. The van der Waals surface area contributed by atoms with Crippen LogP contribution in [0.4, 0.5) is 4.39 Å². The van der Waals surface area contributed by atoms with Crippen molar-refractivity contribution in [1.29, 1.82) is 5.41 Å². The van der Waals surface area contributed by atoms with Crippen molar-refractivity contribution in [1.82, 2.24) is 4.98 Å². The Morgan fingerprint density at radius 2 is 2.17 bits per heavy atom. The summed E-state index contributed by atoms with van der Waals surface area (Å²) in [5.41, 5.74) is 5.83. The Morgan fingerprint density at radius 1 is 1.39 bits per heavy atom. The van der Waals surface area contributed by atoms with Crippen LogP contribution in [0.5, 0.6) is 11.5 Å². The number of benzene rings is 1. The minimum atomic E-state index is -0.423. The molecule has 0 aliphatic carbocycles. The van der Waals surface area contributed by atoms with Crippen LogP contribution in [0, 0.1) is 11.2 Å². The third kappa shape index (κ3) is 2.84. The minimum Gasteiger partial charge on any atom is -0.455 e. The second-order valence-corrected chi connectivity index (χ2v) is 4.41. The third-order valence-corrected chi connectivity index (χ3v) is 2.60. The lowest BCUT2D eigenvalue weighted by Gasteiger charge is -2.09. The van der Waals surface area contributed by atoms with Crippen LogP contribution in [-0.4, -0.2) is 10.8 Å². The molecule has 0 radical (unpaired) electrons. The Labute approximate surface area is 111 Å². The summed E-state index contributed by atoms with van der Waals surface area (Å²) in [7, 11) is 0. The van der Waals surface area contributed by atoms with Crippen molar-refractivity contribution in [2.24, 2.45) is 5.73 Å². The highest BCUT2D eigenvalue weighted by molar-refractivity contribution is 9.10. The fourth-order valence-corrected chi connectivity index (χ4v) is 1.84. The van der Waals surface area contributed by atoms with Crippen LogP contribution in [0.3, 0.4) is 0 Å². The quantitative estimate of drug-likeness (QED) is 0.676. The lowest BCUT2D eigenvalue weighted by molar-refractivity contribution is 0.473. The van der Waals surface area contributed by atoms with Crippen LogP contribution in [0.25, 0.3) is 0 Å². The first-order valence-electron chi connectivity index (χ1n) is 4.98. The summed E-state index contributed by atoms with van der Waals surface area (Å²) in [6, 6.07) is 5.73. The van der Waals surface area contributed by atoms with Crippen LogP contribution < -0.4 is 10.5 Å². The number of nitrogen functional groups attached to an aromatic ring is 1. The molecular weight excluding hydrogens is 301 g/mol. The molecule has 0 unspecified atom stereocenters. The van der Waals surface area contributed by atoms with Gasteiger partial charge in [0.2, 0.25) is 0 Å². The van der Waals surface area contributed by atoms with Crippen molar-refractivity contribution in [3.63, 3.8) is 0 Å². The van der Waals surface area contributed by atoms with E-state index in [1.807, 2.05) is 0 Å². The van der Waals surface area contributed by atoms with Gasteiger partial charge in [0.25, 0.3) is 0 Å². The van der Waals surface area contributed by atoms with Crippen molar-refractivity contribution < 1.29 is 9.13 Å². The number of hydrogen-bond acceptors (Lipinski definition) is 3. The SMILES string of the molecule is N=C(N)c1ccncc1Oc1cc(F)cc(Br)c1. The number of nitrogens with zero attached hydrogens (tertiary/aromatic N) is 1.